The van der Waals surface area contributed by atoms with Crippen LogP contribution in [-0.2, 0) is 17.9 Å². The maximum Gasteiger partial charge on any atom is 0.223 e. The molecule has 0 radical (unpaired) electrons. The lowest BCUT2D eigenvalue weighted by molar-refractivity contribution is -0.128. The van der Waals surface area contributed by atoms with E-state index in [4.69, 9.17) is 5.73 Å². The summed E-state index contributed by atoms with van der Waals surface area (Å²) in [6.07, 6.45) is 1.21. The summed E-state index contributed by atoms with van der Waals surface area (Å²) in [5.41, 5.74) is 9.45. The topological polar surface area (TPSA) is 78.9 Å². The first kappa shape index (κ1) is 17.0. The first-order chi connectivity index (χ1) is 12.0. The Morgan fingerprint density at radius 2 is 1.80 bits per heavy atom. The molecule has 0 spiro atoms. The summed E-state index contributed by atoms with van der Waals surface area (Å²) < 4.78 is 0. The molecule has 1 amide bonds. The Bertz CT molecular complexity index is 767. The zero-order valence-corrected chi connectivity index (χ0v) is 14.4. The molecule has 3 rings (SSSR count). The number of likely N-dealkylation sites (tertiary alicyclic amines) is 1. The molecule has 1 aliphatic rings. The van der Waals surface area contributed by atoms with E-state index in [1.165, 1.54) is 5.56 Å². The summed E-state index contributed by atoms with van der Waals surface area (Å²) >= 11 is 0. The number of carbonyl (C=O) groups excluding carboxylic acids is 1. The van der Waals surface area contributed by atoms with Crippen molar-refractivity contribution < 1.29 is 9.90 Å². The number of hydrogen-bond donors (Lipinski definition) is 2. The van der Waals surface area contributed by atoms with E-state index in [1.807, 2.05) is 48.2 Å². The molecule has 25 heavy (non-hydrogen) atoms. The molecule has 1 saturated heterocycles. The van der Waals surface area contributed by atoms with Gasteiger partial charge in [-0.2, -0.15) is 0 Å². The van der Waals surface area contributed by atoms with E-state index in [-0.39, 0.29) is 17.7 Å². The minimum Gasteiger partial charge on any atom is -0.508 e. The van der Waals surface area contributed by atoms with Gasteiger partial charge < -0.3 is 15.7 Å². The molecule has 0 saturated carbocycles. The number of rotatable bonds is 5. The number of benzene rings is 2. The summed E-state index contributed by atoms with van der Waals surface area (Å²) in [5.74, 6) is 0.839. The molecule has 0 aromatic heterocycles. The van der Waals surface area contributed by atoms with Gasteiger partial charge in [-0.15, -0.1) is 0 Å². The van der Waals surface area contributed by atoms with E-state index >= 15 is 0 Å². The summed E-state index contributed by atoms with van der Waals surface area (Å²) in [5, 5.41) is 9.32. The lowest BCUT2D eigenvalue weighted by atomic mass is 10.1. The Labute approximate surface area is 147 Å². The number of amides is 1. The fourth-order valence-electron chi connectivity index (χ4n) is 3.02. The molecular formula is C20H23N3O2. The highest BCUT2D eigenvalue weighted by atomic mass is 16.3. The van der Waals surface area contributed by atoms with Gasteiger partial charge in [0.2, 0.25) is 5.91 Å². The van der Waals surface area contributed by atoms with Gasteiger partial charge in [-0.25, -0.2) is 0 Å². The monoisotopic (exact) mass is 337 g/mol. The Morgan fingerprint density at radius 3 is 2.48 bits per heavy atom. The smallest absolute Gasteiger partial charge is 0.223 e. The molecule has 1 aliphatic heterocycles. The highest BCUT2D eigenvalue weighted by Crippen LogP contribution is 2.22. The lowest BCUT2D eigenvalue weighted by Crippen LogP contribution is -2.42. The second-order valence-electron chi connectivity index (χ2n) is 6.47. The van der Waals surface area contributed by atoms with Crippen LogP contribution < -0.4 is 5.73 Å². The average molecular weight is 337 g/mol. The fourth-order valence-corrected chi connectivity index (χ4v) is 3.02. The van der Waals surface area contributed by atoms with Crippen LogP contribution in [0.1, 0.15) is 29.5 Å². The number of phenolic OH excluding ortho intramolecular Hbond substituents is 1. The predicted molar refractivity (Wildman–Crippen MR) is 98.2 cm³/mol. The molecule has 0 aliphatic carbocycles. The molecule has 1 fully saturated rings. The maximum atomic E-state index is 12.3. The molecule has 130 valence electrons. The van der Waals surface area contributed by atoms with Crippen molar-refractivity contribution in [2.75, 3.05) is 0 Å². The lowest BCUT2D eigenvalue weighted by Gasteiger charge is -2.24. The summed E-state index contributed by atoms with van der Waals surface area (Å²) in [6, 6.07) is 14.9. The quantitative estimate of drug-likeness (QED) is 0.650. The van der Waals surface area contributed by atoms with Gasteiger partial charge in [0.15, 0.2) is 0 Å². The first-order valence-electron chi connectivity index (χ1n) is 8.45. The van der Waals surface area contributed by atoms with Gasteiger partial charge in [-0.3, -0.25) is 9.79 Å². The molecule has 0 unspecified atom stereocenters. The summed E-state index contributed by atoms with van der Waals surface area (Å²) in [7, 11) is 0. The molecule has 5 heteroatoms. The number of aliphatic imine (C=N–C) groups is 1. The molecular weight excluding hydrogens is 314 g/mol. The Balaban J connectivity index is 1.70. The summed E-state index contributed by atoms with van der Waals surface area (Å²) in [6.45, 7) is 3.04. The van der Waals surface area contributed by atoms with Crippen LogP contribution in [0.15, 0.2) is 53.5 Å². The van der Waals surface area contributed by atoms with Crippen molar-refractivity contribution in [2.24, 2.45) is 10.7 Å². The maximum absolute atomic E-state index is 12.3. The standard InChI is InChI=1S/C20H23N3O2/c1-14-2-4-16(5-3-14)13-23-18(10-11-19(23)25)20(21)22-12-15-6-8-17(24)9-7-15/h2-9,18,24H,10-13H2,1H3,(H2,21,22)/t18-/m0/s1. The van der Waals surface area contributed by atoms with Crippen molar-refractivity contribution >= 4 is 11.7 Å². The van der Waals surface area contributed by atoms with Gasteiger partial charge in [-0.1, -0.05) is 42.0 Å². The van der Waals surface area contributed by atoms with Crippen molar-refractivity contribution in [2.45, 2.75) is 38.9 Å². The van der Waals surface area contributed by atoms with Crippen LogP contribution in [0.3, 0.4) is 0 Å². The molecule has 1 heterocycles. The fraction of sp³-hybridized carbons (Fsp3) is 0.300. The van der Waals surface area contributed by atoms with Crippen molar-refractivity contribution in [3.8, 4) is 5.75 Å². The van der Waals surface area contributed by atoms with E-state index < -0.39 is 0 Å². The first-order valence-corrected chi connectivity index (χ1v) is 8.45. The van der Waals surface area contributed by atoms with Gasteiger partial charge in [0.05, 0.1) is 12.6 Å². The second-order valence-corrected chi connectivity index (χ2v) is 6.47. The van der Waals surface area contributed by atoms with Gasteiger partial charge in [-0.05, 0) is 36.6 Å². The third-order valence-electron chi connectivity index (χ3n) is 4.52. The average Bonchev–Trinajstić information content (AvgIpc) is 2.97. The largest absolute Gasteiger partial charge is 0.508 e. The number of nitrogens with zero attached hydrogens (tertiary/aromatic N) is 2. The van der Waals surface area contributed by atoms with E-state index in [1.54, 1.807) is 12.1 Å². The van der Waals surface area contributed by atoms with Crippen molar-refractivity contribution in [1.82, 2.24) is 4.90 Å². The van der Waals surface area contributed by atoms with Gasteiger partial charge in [0.1, 0.15) is 11.6 Å². The van der Waals surface area contributed by atoms with Crippen LogP contribution in [0.2, 0.25) is 0 Å². The molecule has 2 aromatic rings. The van der Waals surface area contributed by atoms with Crippen LogP contribution in [0, 0.1) is 6.92 Å². The Kier molecular flexibility index (Phi) is 5.03. The third-order valence-corrected chi connectivity index (χ3v) is 4.52. The molecule has 3 N–H and O–H groups in total. The number of carbonyl (C=O) groups is 1. The zero-order valence-electron chi connectivity index (χ0n) is 14.4. The van der Waals surface area contributed by atoms with Crippen LogP contribution in [0.5, 0.6) is 5.75 Å². The number of nitrogens with two attached hydrogens (primary N) is 1. The number of amidine groups is 1. The molecule has 1 atom stereocenters. The zero-order chi connectivity index (χ0) is 17.8. The predicted octanol–water partition coefficient (Wildman–Crippen LogP) is 2.75. The number of aromatic hydroxyl groups is 1. The van der Waals surface area contributed by atoms with Crippen molar-refractivity contribution in [1.29, 1.82) is 0 Å². The van der Waals surface area contributed by atoms with E-state index in [9.17, 15) is 9.90 Å². The highest BCUT2D eigenvalue weighted by molar-refractivity contribution is 5.93. The normalized spacial score (nSPS) is 18.0. The van der Waals surface area contributed by atoms with Crippen LogP contribution in [0.25, 0.3) is 0 Å². The van der Waals surface area contributed by atoms with Crippen LogP contribution in [0.4, 0.5) is 0 Å². The van der Waals surface area contributed by atoms with Gasteiger partial charge in [0, 0.05) is 13.0 Å². The molecule has 2 aromatic carbocycles. The van der Waals surface area contributed by atoms with Crippen molar-refractivity contribution in [3.63, 3.8) is 0 Å². The second kappa shape index (κ2) is 7.38. The van der Waals surface area contributed by atoms with Crippen LogP contribution in [-0.4, -0.2) is 27.8 Å². The minimum absolute atomic E-state index is 0.119. The molecule has 5 nitrogen and oxygen atoms in total. The highest BCUT2D eigenvalue weighted by Gasteiger charge is 2.33. The summed E-state index contributed by atoms with van der Waals surface area (Å²) in [4.78, 5) is 18.5. The number of phenols is 1. The Morgan fingerprint density at radius 1 is 1.16 bits per heavy atom. The van der Waals surface area contributed by atoms with Crippen LogP contribution >= 0.6 is 0 Å². The van der Waals surface area contributed by atoms with Crippen molar-refractivity contribution in [3.05, 3.63) is 65.2 Å². The van der Waals surface area contributed by atoms with E-state index in [0.717, 1.165) is 11.1 Å². The SMILES string of the molecule is Cc1ccc(CN2C(=O)CC[C@H]2C(N)=NCc2ccc(O)cc2)cc1. The molecule has 0 bridgehead atoms. The van der Waals surface area contributed by atoms with Gasteiger partial charge >= 0.3 is 0 Å². The minimum atomic E-state index is -0.147. The number of hydrogen-bond acceptors (Lipinski definition) is 3. The third kappa shape index (κ3) is 4.18. The number of aryl methyl sites for hydroxylation is 1. The Hall–Kier alpha value is -2.82. The van der Waals surface area contributed by atoms with E-state index in [2.05, 4.69) is 4.99 Å². The van der Waals surface area contributed by atoms with Gasteiger partial charge in [0.25, 0.3) is 0 Å². The van der Waals surface area contributed by atoms with E-state index in [0.29, 0.717) is 31.8 Å².